The number of carbonyl (C=O) groups excluding carboxylic acids is 1. The number of amidine groups is 1. The Hall–Kier alpha value is -2.24. The molecule has 22 heavy (non-hydrogen) atoms. The predicted octanol–water partition coefficient (Wildman–Crippen LogP) is 2.19. The number of carbonyl (C=O) groups is 1. The van der Waals surface area contributed by atoms with Crippen LogP contribution in [0.3, 0.4) is 0 Å². The molecule has 120 valence electrons. The third-order valence-electron chi connectivity index (χ3n) is 3.33. The summed E-state index contributed by atoms with van der Waals surface area (Å²) >= 11 is 0. The normalized spacial score (nSPS) is 21.7. The van der Waals surface area contributed by atoms with Gasteiger partial charge in [0.05, 0.1) is 19.6 Å². The van der Waals surface area contributed by atoms with Gasteiger partial charge in [-0.25, -0.2) is 4.79 Å². The first kappa shape index (κ1) is 16.1. The first-order valence-corrected chi connectivity index (χ1v) is 7.23. The van der Waals surface area contributed by atoms with E-state index in [1.165, 1.54) is 4.90 Å². The van der Waals surface area contributed by atoms with Crippen LogP contribution in [0.1, 0.15) is 20.8 Å². The third-order valence-corrected chi connectivity index (χ3v) is 3.33. The van der Waals surface area contributed by atoms with E-state index in [0.717, 1.165) is 11.3 Å². The Bertz CT molecular complexity index is 568. The Morgan fingerprint density at radius 1 is 1.45 bits per heavy atom. The second kappa shape index (κ2) is 6.25. The molecule has 1 atom stereocenters. The molecule has 0 aromatic carbocycles. The highest BCUT2D eigenvalue weighted by atomic mass is 16.6. The molecule has 0 radical (unpaired) electrons. The van der Waals surface area contributed by atoms with Crippen molar-refractivity contribution in [3.8, 4) is 0 Å². The van der Waals surface area contributed by atoms with Crippen molar-refractivity contribution in [2.45, 2.75) is 26.4 Å². The van der Waals surface area contributed by atoms with E-state index in [1.54, 1.807) is 19.4 Å². The van der Waals surface area contributed by atoms with Gasteiger partial charge in [-0.05, 0) is 32.4 Å². The van der Waals surface area contributed by atoms with Gasteiger partial charge < -0.3 is 15.2 Å². The number of nitrogens with zero attached hydrogens (tertiary/aromatic N) is 2. The van der Waals surface area contributed by atoms with Crippen LogP contribution in [0, 0.1) is 5.92 Å². The molecule has 1 amide bonds. The van der Waals surface area contributed by atoms with Crippen LogP contribution >= 0.6 is 0 Å². The third kappa shape index (κ3) is 3.90. The molecule has 2 rings (SSSR count). The monoisotopic (exact) mass is 305 g/mol. The Balaban J connectivity index is 2.03. The van der Waals surface area contributed by atoms with Gasteiger partial charge in [0.1, 0.15) is 17.2 Å². The first-order chi connectivity index (χ1) is 10.3. The first-order valence-electron chi connectivity index (χ1n) is 7.23. The highest BCUT2D eigenvalue weighted by molar-refractivity contribution is 5.92. The van der Waals surface area contributed by atoms with E-state index >= 15 is 0 Å². The molecule has 0 spiro atoms. The van der Waals surface area contributed by atoms with Gasteiger partial charge in [-0.1, -0.05) is 6.08 Å². The smallest absolute Gasteiger partial charge is 0.414 e. The average molecular weight is 305 g/mol. The van der Waals surface area contributed by atoms with Crippen LogP contribution in [-0.4, -0.2) is 42.6 Å². The maximum absolute atomic E-state index is 12.0. The summed E-state index contributed by atoms with van der Waals surface area (Å²) in [5.74, 6) is 1.30. The summed E-state index contributed by atoms with van der Waals surface area (Å²) in [6.07, 6.45) is 6.99. The van der Waals surface area contributed by atoms with Crippen LogP contribution in [0.4, 0.5) is 4.79 Å². The van der Waals surface area contributed by atoms with Crippen molar-refractivity contribution in [1.29, 1.82) is 0 Å². The molecule has 2 N–H and O–H groups in total. The summed E-state index contributed by atoms with van der Waals surface area (Å²) in [5, 5.41) is 0. The number of ether oxygens (including phenoxy) is 2. The van der Waals surface area contributed by atoms with E-state index in [-0.39, 0.29) is 12.0 Å². The van der Waals surface area contributed by atoms with Crippen LogP contribution in [0.5, 0.6) is 0 Å². The fourth-order valence-corrected chi connectivity index (χ4v) is 2.27. The SMILES string of the molecule is COC1=CC(N)=NCC1C1=CCN(C(=O)OC(C)(C)C)C=C1. The minimum atomic E-state index is -0.503. The van der Waals surface area contributed by atoms with Gasteiger partial charge in [0.25, 0.3) is 0 Å². The van der Waals surface area contributed by atoms with Gasteiger partial charge in [-0.15, -0.1) is 0 Å². The molecule has 0 aromatic heterocycles. The van der Waals surface area contributed by atoms with Crippen molar-refractivity contribution in [1.82, 2.24) is 4.90 Å². The zero-order valence-electron chi connectivity index (χ0n) is 13.5. The molecule has 6 nitrogen and oxygen atoms in total. The highest BCUT2D eigenvalue weighted by Crippen LogP contribution is 2.27. The topological polar surface area (TPSA) is 77.2 Å². The summed E-state index contributed by atoms with van der Waals surface area (Å²) in [5.41, 5.74) is 6.26. The van der Waals surface area contributed by atoms with Crippen molar-refractivity contribution in [3.63, 3.8) is 0 Å². The van der Waals surface area contributed by atoms with E-state index in [9.17, 15) is 4.79 Å². The van der Waals surface area contributed by atoms with E-state index < -0.39 is 5.60 Å². The molecule has 0 bridgehead atoms. The summed E-state index contributed by atoms with van der Waals surface area (Å²) in [7, 11) is 1.62. The molecule has 0 fully saturated rings. The van der Waals surface area contributed by atoms with Crippen LogP contribution in [-0.2, 0) is 9.47 Å². The Morgan fingerprint density at radius 2 is 2.18 bits per heavy atom. The van der Waals surface area contributed by atoms with E-state index in [2.05, 4.69) is 4.99 Å². The second-order valence-corrected chi connectivity index (χ2v) is 6.22. The largest absolute Gasteiger partial charge is 0.500 e. The molecule has 0 saturated carbocycles. The molecule has 2 aliphatic heterocycles. The van der Waals surface area contributed by atoms with Gasteiger partial charge in [-0.3, -0.25) is 9.89 Å². The lowest BCUT2D eigenvalue weighted by atomic mass is 9.93. The quantitative estimate of drug-likeness (QED) is 0.848. The summed E-state index contributed by atoms with van der Waals surface area (Å²) < 4.78 is 10.7. The molecule has 0 aromatic rings. The summed E-state index contributed by atoms with van der Waals surface area (Å²) in [6, 6.07) is 0. The second-order valence-electron chi connectivity index (χ2n) is 6.22. The van der Waals surface area contributed by atoms with E-state index in [1.807, 2.05) is 32.9 Å². The van der Waals surface area contributed by atoms with Crippen molar-refractivity contribution in [3.05, 3.63) is 35.8 Å². The lowest BCUT2D eigenvalue weighted by Crippen LogP contribution is -2.35. The molecular weight excluding hydrogens is 282 g/mol. The number of hydrogen-bond donors (Lipinski definition) is 1. The summed E-state index contributed by atoms with van der Waals surface area (Å²) in [6.45, 7) is 6.56. The molecule has 1 unspecified atom stereocenters. The Morgan fingerprint density at radius 3 is 2.73 bits per heavy atom. The van der Waals surface area contributed by atoms with Crippen LogP contribution in [0.2, 0.25) is 0 Å². The molecule has 6 heteroatoms. The van der Waals surface area contributed by atoms with Crippen molar-refractivity contribution >= 4 is 11.9 Å². The fourth-order valence-electron chi connectivity index (χ4n) is 2.27. The number of hydrogen-bond acceptors (Lipinski definition) is 5. The zero-order chi connectivity index (χ0) is 16.3. The van der Waals surface area contributed by atoms with Gasteiger partial charge in [0.15, 0.2) is 0 Å². The van der Waals surface area contributed by atoms with Crippen LogP contribution in [0.15, 0.2) is 40.8 Å². The number of rotatable bonds is 2. The lowest BCUT2D eigenvalue weighted by Gasteiger charge is -2.28. The van der Waals surface area contributed by atoms with Gasteiger partial charge in [0.2, 0.25) is 0 Å². The number of methoxy groups -OCH3 is 1. The Kier molecular flexibility index (Phi) is 4.59. The standard InChI is InChI=1S/C16H23N3O3/c1-16(2,3)22-15(20)19-7-5-11(6-8-19)12-10-18-14(17)9-13(12)21-4/h5-7,9,12H,8,10H2,1-4H3,(H2,17,18). The summed E-state index contributed by atoms with van der Waals surface area (Å²) in [4.78, 5) is 17.8. The maximum atomic E-state index is 12.0. The van der Waals surface area contributed by atoms with E-state index in [0.29, 0.717) is 18.9 Å². The Labute approximate surface area is 131 Å². The lowest BCUT2D eigenvalue weighted by molar-refractivity contribution is 0.0349. The fraction of sp³-hybridized carbons (Fsp3) is 0.500. The van der Waals surface area contributed by atoms with Crippen molar-refractivity contribution in [2.24, 2.45) is 16.6 Å². The van der Waals surface area contributed by atoms with E-state index in [4.69, 9.17) is 15.2 Å². The van der Waals surface area contributed by atoms with Crippen molar-refractivity contribution in [2.75, 3.05) is 20.2 Å². The number of aliphatic imine (C=N–C) groups is 1. The molecule has 2 aliphatic rings. The number of nitrogens with two attached hydrogens (primary N) is 1. The number of dihydropyridines is 1. The average Bonchev–Trinajstić information content (AvgIpc) is 2.45. The van der Waals surface area contributed by atoms with Crippen molar-refractivity contribution < 1.29 is 14.3 Å². The van der Waals surface area contributed by atoms with Gasteiger partial charge in [-0.2, -0.15) is 0 Å². The highest BCUT2D eigenvalue weighted by Gasteiger charge is 2.26. The number of allylic oxidation sites excluding steroid dienone is 1. The van der Waals surface area contributed by atoms with Gasteiger partial charge >= 0.3 is 6.09 Å². The van der Waals surface area contributed by atoms with Crippen LogP contribution < -0.4 is 5.73 Å². The minimum absolute atomic E-state index is 0.0364. The number of amides is 1. The van der Waals surface area contributed by atoms with Crippen LogP contribution in [0.25, 0.3) is 0 Å². The van der Waals surface area contributed by atoms with Gasteiger partial charge in [0, 0.05) is 18.8 Å². The zero-order valence-corrected chi connectivity index (χ0v) is 13.5. The molecule has 0 saturated heterocycles. The molecular formula is C16H23N3O3. The minimum Gasteiger partial charge on any atom is -0.500 e. The molecule has 2 heterocycles. The maximum Gasteiger partial charge on any atom is 0.414 e. The molecule has 0 aliphatic carbocycles. The predicted molar refractivity (Wildman–Crippen MR) is 85.2 cm³/mol.